The van der Waals surface area contributed by atoms with Crippen LogP contribution in [0.1, 0.15) is 12.5 Å². The largest absolute Gasteiger partial charge is 0.465 e. The van der Waals surface area contributed by atoms with Crippen LogP contribution in [0.2, 0.25) is 0 Å². The maximum absolute atomic E-state index is 13.4. The summed E-state index contributed by atoms with van der Waals surface area (Å²) >= 11 is 0. The number of aromatic nitrogens is 2. The van der Waals surface area contributed by atoms with Crippen molar-refractivity contribution in [2.24, 2.45) is 0 Å². The van der Waals surface area contributed by atoms with Crippen molar-refractivity contribution in [1.82, 2.24) is 14.7 Å². The van der Waals surface area contributed by atoms with E-state index in [2.05, 4.69) is 5.10 Å². The van der Waals surface area contributed by atoms with Gasteiger partial charge in [0.25, 0.3) is 0 Å². The minimum atomic E-state index is -1.29. The average molecular weight is 258 g/mol. The Morgan fingerprint density at radius 2 is 2.33 bits per heavy atom. The molecule has 18 heavy (non-hydrogen) atoms. The minimum Gasteiger partial charge on any atom is -0.465 e. The highest BCUT2D eigenvalue weighted by Crippen LogP contribution is 2.24. The molecule has 0 saturated carbocycles. The molecule has 1 N–H and O–H groups in total. The Morgan fingerprint density at radius 3 is 2.89 bits per heavy atom. The molecule has 0 aromatic carbocycles. The van der Waals surface area contributed by atoms with Crippen LogP contribution in [-0.2, 0) is 0 Å². The number of alkyl halides is 1. The molecule has 1 amide bonds. The van der Waals surface area contributed by atoms with Gasteiger partial charge in [-0.1, -0.05) is 0 Å². The maximum Gasteiger partial charge on any atom is 0.407 e. The second-order valence-corrected chi connectivity index (χ2v) is 4.11. The van der Waals surface area contributed by atoms with E-state index >= 15 is 0 Å². The lowest BCUT2D eigenvalue weighted by atomic mass is 10.1. The lowest BCUT2D eigenvalue weighted by Crippen LogP contribution is -2.45. The predicted octanol–water partition coefficient (Wildman–Crippen LogP) is 1.05. The predicted molar refractivity (Wildman–Crippen MR) is 57.0 cm³/mol. The normalized spacial score (nSPS) is 23.9. The maximum atomic E-state index is 13.4. The highest BCUT2D eigenvalue weighted by atomic mass is 19.1. The van der Waals surface area contributed by atoms with E-state index in [1.165, 1.54) is 10.9 Å². The molecular formula is C9H11FN4O4. The zero-order valence-corrected chi connectivity index (χ0v) is 9.27. The van der Waals surface area contributed by atoms with E-state index in [1.807, 2.05) is 0 Å². The summed E-state index contributed by atoms with van der Waals surface area (Å²) in [6.07, 6.45) is -0.148. The highest BCUT2D eigenvalue weighted by molar-refractivity contribution is 5.65. The molecule has 0 aliphatic carbocycles. The zero-order valence-electron chi connectivity index (χ0n) is 9.27. The number of nitrogens with zero attached hydrogens (tertiary/aromatic N) is 4. The molecule has 1 aromatic heterocycles. The van der Waals surface area contributed by atoms with Crippen LogP contribution >= 0.6 is 0 Å². The highest BCUT2D eigenvalue weighted by Gasteiger charge is 2.31. The average Bonchev–Trinajstić information content (AvgIpc) is 2.77. The molecule has 0 radical (unpaired) electrons. The van der Waals surface area contributed by atoms with Crippen LogP contribution in [0.4, 0.5) is 14.9 Å². The van der Waals surface area contributed by atoms with E-state index < -0.39 is 23.2 Å². The van der Waals surface area contributed by atoms with E-state index in [1.54, 1.807) is 0 Å². The Morgan fingerprint density at radius 1 is 1.61 bits per heavy atom. The number of rotatable bonds is 2. The van der Waals surface area contributed by atoms with Crippen molar-refractivity contribution < 1.29 is 19.2 Å². The molecule has 0 spiro atoms. The van der Waals surface area contributed by atoms with E-state index in [9.17, 15) is 19.3 Å². The van der Waals surface area contributed by atoms with Crippen LogP contribution in [0.15, 0.2) is 12.4 Å². The number of carboxylic acid groups (broad SMARTS) is 1. The molecule has 2 unspecified atom stereocenters. The summed E-state index contributed by atoms with van der Waals surface area (Å²) < 4.78 is 14.7. The van der Waals surface area contributed by atoms with Gasteiger partial charge in [-0.05, 0) is 0 Å². The van der Waals surface area contributed by atoms with Gasteiger partial charge in [-0.2, -0.15) is 5.10 Å². The molecule has 1 aliphatic heterocycles. The molecule has 2 heterocycles. The van der Waals surface area contributed by atoms with Gasteiger partial charge in [-0.15, -0.1) is 0 Å². The third-order valence-corrected chi connectivity index (χ3v) is 2.82. The van der Waals surface area contributed by atoms with Crippen molar-refractivity contribution in [3.63, 3.8) is 0 Å². The second-order valence-electron chi connectivity index (χ2n) is 4.11. The number of hydrogen-bond donors (Lipinski definition) is 1. The molecule has 8 nitrogen and oxygen atoms in total. The van der Waals surface area contributed by atoms with Gasteiger partial charge < -0.3 is 10.0 Å². The molecule has 9 heteroatoms. The Kier molecular flexibility index (Phi) is 3.13. The van der Waals surface area contributed by atoms with E-state index in [0.29, 0.717) is 0 Å². The summed E-state index contributed by atoms with van der Waals surface area (Å²) in [7, 11) is 0. The van der Waals surface area contributed by atoms with Gasteiger partial charge in [-0.3, -0.25) is 14.8 Å². The molecule has 2 rings (SSSR count). The minimum absolute atomic E-state index is 0.0780. The lowest BCUT2D eigenvalue weighted by Gasteiger charge is -2.32. The van der Waals surface area contributed by atoms with Crippen molar-refractivity contribution in [3.05, 3.63) is 22.5 Å². The van der Waals surface area contributed by atoms with Gasteiger partial charge in [0.1, 0.15) is 18.6 Å². The number of nitro groups is 1. The van der Waals surface area contributed by atoms with Crippen molar-refractivity contribution in [2.45, 2.75) is 18.6 Å². The van der Waals surface area contributed by atoms with Gasteiger partial charge in [0, 0.05) is 13.0 Å². The SMILES string of the molecule is O=C(O)N1CC(F)CC(n2cc([N+](=O)[O-])cn2)C1. The van der Waals surface area contributed by atoms with Gasteiger partial charge >= 0.3 is 11.8 Å². The first-order chi connectivity index (χ1) is 8.47. The summed E-state index contributed by atoms with van der Waals surface area (Å²) in [6.45, 7) is -0.0935. The van der Waals surface area contributed by atoms with Gasteiger partial charge in [0.2, 0.25) is 0 Å². The number of halogens is 1. The number of carbonyl (C=O) groups is 1. The van der Waals surface area contributed by atoms with E-state index in [4.69, 9.17) is 5.11 Å². The smallest absolute Gasteiger partial charge is 0.407 e. The quantitative estimate of drug-likeness (QED) is 0.631. The Bertz CT molecular complexity index is 477. The van der Waals surface area contributed by atoms with Gasteiger partial charge in [0.15, 0.2) is 0 Å². The van der Waals surface area contributed by atoms with Crippen molar-refractivity contribution >= 4 is 11.8 Å². The summed E-state index contributed by atoms with van der Waals surface area (Å²) in [5.41, 5.74) is -0.196. The van der Waals surface area contributed by atoms with Gasteiger partial charge in [0.05, 0.1) is 17.5 Å². The number of likely N-dealkylation sites (tertiary alicyclic amines) is 1. The fourth-order valence-corrected chi connectivity index (χ4v) is 1.98. The van der Waals surface area contributed by atoms with Crippen LogP contribution in [0, 0.1) is 10.1 Å². The van der Waals surface area contributed by atoms with Crippen LogP contribution in [0.3, 0.4) is 0 Å². The first-order valence-corrected chi connectivity index (χ1v) is 5.28. The molecule has 2 atom stereocenters. The van der Waals surface area contributed by atoms with Crippen LogP contribution in [-0.4, -0.2) is 50.1 Å². The van der Waals surface area contributed by atoms with Gasteiger partial charge in [-0.25, -0.2) is 9.18 Å². The van der Waals surface area contributed by atoms with Crippen LogP contribution < -0.4 is 0 Å². The summed E-state index contributed by atoms with van der Waals surface area (Å²) in [4.78, 5) is 21.7. The lowest BCUT2D eigenvalue weighted by molar-refractivity contribution is -0.385. The summed E-state index contributed by atoms with van der Waals surface area (Å²) in [5, 5.41) is 23.1. The monoisotopic (exact) mass is 258 g/mol. The van der Waals surface area contributed by atoms with Crippen molar-refractivity contribution in [1.29, 1.82) is 0 Å². The summed E-state index contributed by atoms with van der Waals surface area (Å²) in [5.74, 6) is 0. The van der Waals surface area contributed by atoms with E-state index in [-0.39, 0.29) is 25.2 Å². The molecule has 1 aromatic rings. The van der Waals surface area contributed by atoms with E-state index in [0.717, 1.165) is 11.1 Å². The Balaban J connectivity index is 2.16. The molecule has 1 fully saturated rings. The number of piperidine rings is 1. The third kappa shape index (κ3) is 2.39. The van der Waals surface area contributed by atoms with Crippen LogP contribution in [0.5, 0.6) is 0 Å². The molecule has 1 aliphatic rings. The Labute approximate surface area is 101 Å². The zero-order chi connectivity index (χ0) is 13.3. The molecular weight excluding hydrogens is 247 g/mol. The number of hydrogen-bond acceptors (Lipinski definition) is 4. The second kappa shape index (κ2) is 4.59. The fraction of sp³-hybridized carbons (Fsp3) is 0.556. The first-order valence-electron chi connectivity index (χ1n) is 5.28. The summed E-state index contributed by atoms with van der Waals surface area (Å²) in [6, 6.07) is -0.515. The van der Waals surface area contributed by atoms with Crippen molar-refractivity contribution in [3.8, 4) is 0 Å². The standard InChI is InChI=1S/C9H11FN4O4/c10-6-1-7(4-12(3-6)9(15)16)13-5-8(2-11-13)14(17)18/h2,5-7H,1,3-4H2,(H,15,16). The first kappa shape index (κ1) is 12.3. The molecule has 1 saturated heterocycles. The van der Waals surface area contributed by atoms with Crippen LogP contribution in [0.25, 0.3) is 0 Å². The molecule has 0 bridgehead atoms. The number of amides is 1. The topological polar surface area (TPSA) is 102 Å². The Hall–Kier alpha value is -2.19. The fourth-order valence-electron chi connectivity index (χ4n) is 1.98. The van der Waals surface area contributed by atoms with Crippen molar-refractivity contribution in [2.75, 3.05) is 13.1 Å². The molecule has 98 valence electrons. The third-order valence-electron chi connectivity index (χ3n) is 2.82.